The Bertz CT molecular complexity index is 495. The maximum absolute atomic E-state index is 6.00. The van der Waals surface area contributed by atoms with E-state index < -0.39 is 0 Å². The van der Waals surface area contributed by atoms with Crippen LogP contribution in [0, 0.1) is 0 Å². The molecule has 2 aromatic rings. The van der Waals surface area contributed by atoms with Crippen LogP contribution in [0.25, 0.3) is 0 Å². The minimum atomic E-state index is 0.152. The second-order valence-corrected chi connectivity index (χ2v) is 5.23. The monoisotopic (exact) mass is 322 g/mol. The highest BCUT2D eigenvalue weighted by molar-refractivity contribution is 14.1. The van der Waals surface area contributed by atoms with Gasteiger partial charge in [-0.3, -0.25) is 0 Å². The molecular weight excluding hydrogens is 311 g/mol. The van der Waals surface area contributed by atoms with Gasteiger partial charge in [-0.2, -0.15) is 0 Å². The SMILES string of the molecule is I[C@H]1c2ccccc2O[C@@H]1c1ccccc1. The Hall–Kier alpha value is -1.03. The Kier molecular flexibility index (Phi) is 2.59. The predicted octanol–water partition coefficient (Wildman–Crippen LogP) is 4.30. The summed E-state index contributed by atoms with van der Waals surface area (Å²) in [6.07, 6.45) is 0.152. The highest BCUT2D eigenvalue weighted by atomic mass is 127. The minimum absolute atomic E-state index is 0.152. The number of benzene rings is 2. The third-order valence-electron chi connectivity index (χ3n) is 2.86. The van der Waals surface area contributed by atoms with E-state index in [0.717, 1.165) is 5.75 Å². The zero-order valence-corrected chi connectivity index (χ0v) is 10.8. The molecule has 1 nitrogen and oxygen atoms in total. The standard InChI is InChI=1S/C14H11IO/c15-13-11-8-4-5-9-12(11)16-14(13)10-6-2-1-3-7-10/h1-9,13-14H/t13-,14+/m0/s1. The lowest BCUT2D eigenvalue weighted by atomic mass is 10.0. The molecule has 3 rings (SSSR count). The van der Waals surface area contributed by atoms with Crippen molar-refractivity contribution >= 4 is 22.6 Å². The molecule has 0 unspecified atom stereocenters. The first-order chi connectivity index (χ1) is 7.86. The topological polar surface area (TPSA) is 9.23 Å². The fraction of sp³-hybridized carbons (Fsp3) is 0.143. The summed E-state index contributed by atoms with van der Waals surface area (Å²) in [5.41, 5.74) is 2.55. The number of alkyl halides is 1. The minimum Gasteiger partial charge on any atom is -0.484 e. The molecule has 0 radical (unpaired) electrons. The number of hydrogen-bond acceptors (Lipinski definition) is 1. The van der Waals surface area contributed by atoms with E-state index in [0.29, 0.717) is 3.92 Å². The molecule has 2 aromatic carbocycles. The smallest absolute Gasteiger partial charge is 0.140 e. The van der Waals surface area contributed by atoms with Crippen molar-refractivity contribution in [2.24, 2.45) is 0 Å². The van der Waals surface area contributed by atoms with Gasteiger partial charge in [0.1, 0.15) is 11.9 Å². The van der Waals surface area contributed by atoms with Crippen LogP contribution in [0.5, 0.6) is 5.75 Å². The summed E-state index contributed by atoms with van der Waals surface area (Å²) in [7, 11) is 0. The van der Waals surface area contributed by atoms with E-state index in [1.165, 1.54) is 11.1 Å². The lowest BCUT2D eigenvalue weighted by molar-refractivity contribution is 0.240. The first kappa shape index (κ1) is 10.1. The largest absolute Gasteiger partial charge is 0.484 e. The van der Waals surface area contributed by atoms with Crippen LogP contribution < -0.4 is 4.74 Å². The van der Waals surface area contributed by atoms with Crippen LogP contribution in [-0.4, -0.2) is 0 Å². The van der Waals surface area contributed by atoms with E-state index in [1.807, 2.05) is 18.2 Å². The van der Waals surface area contributed by atoms with Gasteiger partial charge in [0.15, 0.2) is 0 Å². The Morgan fingerprint density at radius 1 is 0.875 bits per heavy atom. The molecule has 0 amide bonds. The van der Waals surface area contributed by atoms with Crippen molar-refractivity contribution in [2.75, 3.05) is 0 Å². The van der Waals surface area contributed by atoms with Gasteiger partial charge in [-0.05, 0) is 11.6 Å². The molecule has 0 aliphatic carbocycles. The van der Waals surface area contributed by atoms with Gasteiger partial charge in [0.2, 0.25) is 0 Å². The van der Waals surface area contributed by atoms with Gasteiger partial charge in [-0.1, -0.05) is 71.1 Å². The van der Waals surface area contributed by atoms with Crippen LogP contribution in [0.4, 0.5) is 0 Å². The Balaban J connectivity index is 1.99. The Morgan fingerprint density at radius 3 is 2.31 bits per heavy atom. The molecule has 0 spiro atoms. The molecule has 1 heterocycles. The highest BCUT2D eigenvalue weighted by Crippen LogP contribution is 2.49. The summed E-state index contributed by atoms with van der Waals surface area (Å²) in [6, 6.07) is 18.7. The van der Waals surface area contributed by atoms with Crippen LogP contribution in [-0.2, 0) is 0 Å². The maximum atomic E-state index is 6.00. The molecule has 0 saturated heterocycles. The number of hydrogen-bond donors (Lipinski definition) is 0. The van der Waals surface area contributed by atoms with Gasteiger partial charge in [0.25, 0.3) is 0 Å². The lowest BCUT2D eigenvalue weighted by Gasteiger charge is -2.14. The second-order valence-electron chi connectivity index (χ2n) is 3.89. The summed E-state index contributed by atoms with van der Waals surface area (Å²) in [5.74, 6) is 1.02. The van der Waals surface area contributed by atoms with E-state index in [1.54, 1.807) is 0 Å². The van der Waals surface area contributed by atoms with Gasteiger partial charge < -0.3 is 4.74 Å². The van der Waals surface area contributed by atoms with Gasteiger partial charge in [-0.15, -0.1) is 0 Å². The zero-order valence-electron chi connectivity index (χ0n) is 8.64. The number of rotatable bonds is 1. The average molecular weight is 322 g/mol. The summed E-state index contributed by atoms with van der Waals surface area (Å²) in [6.45, 7) is 0. The number of ether oxygens (including phenoxy) is 1. The molecule has 0 saturated carbocycles. The third kappa shape index (κ3) is 1.61. The molecule has 0 fully saturated rings. The van der Waals surface area contributed by atoms with Crippen LogP contribution in [0.1, 0.15) is 21.2 Å². The molecule has 80 valence electrons. The molecule has 2 heteroatoms. The molecular formula is C14H11IO. The van der Waals surface area contributed by atoms with Gasteiger partial charge in [-0.25, -0.2) is 0 Å². The number of halogens is 1. The maximum Gasteiger partial charge on any atom is 0.140 e. The lowest BCUT2D eigenvalue weighted by Crippen LogP contribution is -2.04. The summed E-state index contributed by atoms with van der Waals surface area (Å²) >= 11 is 2.46. The Morgan fingerprint density at radius 2 is 1.56 bits per heavy atom. The number of para-hydroxylation sites is 1. The highest BCUT2D eigenvalue weighted by Gasteiger charge is 2.32. The first-order valence-electron chi connectivity index (χ1n) is 5.31. The van der Waals surface area contributed by atoms with Crippen molar-refractivity contribution < 1.29 is 4.74 Å². The molecule has 0 N–H and O–H groups in total. The average Bonchev–Trinajstić information content (AvgIpc) is 2.69. The quantitative estimate of drug-likeness (QED) is 0.562. The van der Waals surface area contributed by atoms with Crippen LogP contribution in [0.2, 0.25) is 0 Å². The molecule has 1 aliphatic heterocycles. The van der Waals surface area contributed by atoms with E-state index in [4.69, 9.17) is 4.74 Å². The molecule has 1 aliphatic rings. The fourth-order valence-corrected chi connectivity index (χ4v) is 3.13. The van der Waals surface area contributed by atoms with E-state index in [-0.39, 0.29) is 6.10 Å². The summed E-state index contributed by atoms with van der Waals surface area (Å²) < 4.78 is 6.40. The van der Waals surface area contributed by atoms with Crippen molar-refractivity contribution in [1.29, 1.82) is 0 Å². The van der Waals surface area contributed by atoms with E-state index >= 15 is 0 Å². The van der Waals surface area contributed by atoms with Crippen molar-refractivity contribution in [3.8, 4) is 5.75 Å². The fourth-order valence-electron chi connectivity index (χ4n) is 2.06. The Labute approximate surface area is 109 Å². The molecule has 0 bridgehead atoms. The van der Waals surface area contributed by atoms with E-state index in [2.05, 4.69) is 59.0 Å². The van der Waals surface area contributed by atoms with Crippen molar-refractivity contribution in [3.63, 3.8) is 0 Å². The first-order valence-corrected chi connectivity index (χ1v) is 6.55. The van der Waals surface area contributed by atoms with Gasteiger partial charge in [0.05, 0.1) is 3.92 Å². The molecule has 0 aromatic heterocycles. The van der Waals surface area contributed by atoms with Crippen LogP contribution in [0.15, 0.2) is 54.6 Å². The van der Waals surface area contributed by atoms with Crippen molar-refractivity contribution in [1.82, 2.24) is 0 Å². The summed E-state index contributed by atoms with van der Waals surface area (Å²) in [4.78, 5) is 0. The summed E-state index contributed by atoms with van der Waals surface area (Å²) in [5, 5.41) is 0. The normalized spacial score (nSPS) is 22.6. The van der Waals surface area contributed by atoms with Crippen molar-refractivity contribution in [3.05, 3.63) is 65.7 Å². The van der Waals surface area contributed by atoms with Crippen LogP contribution >= 0.6 is 22.6 Å². The second kappa shape index (κ2) is 4.09. The third-order valence-corrected chi connectivity index (χ3v) is 4.19. The van der Waals surface area contributed by atoms with Gasteiger partial charge >= 0.3 is 0 Å². The van der Waals surface area contributed by atoms with Gasteiger partial charge in [0, 0.05) is 5.56 Å². The van der Waals surface area contributed by atoms with Crippen LogP contribution in [0.3, 0.4) is 0 Å². The van der Waals surface area contributed by atoms with Crippen molar-refractivity contribution in [2.45, 2.75) is 10.0 Å². The molecule has 16 heavy (non-hydrogen) atoms. The predicted molar refractivity (Wildman–Crippen MR) is 73.0 cm³/mol. The number of fused-ring (bicyclic) bond motifs is 1. The molecule has 2 atom stereocenters. The zero-order chi connectivity index (χ0) is 11.0. The van der Waals surface area contributed by atoms with E-state index in [9.17, 15) is 0 Å².